The summed E-state index contributed by atoms with van der Waals surface area (Å²) >= 11 is 0. The van der Waals surface area contributed by atoms with E-state index in [1.54, 1.807) is 30.3 Å². The van der Waals surface area contributed by atoms with Crippen LogP contribution in [-0.2, 0) is 11.4 Å². The Bertz CT molecular complexity index is 1500. The van der Waals surface area contributed by atoms with Crippen molar-refractivity contribution in [3.8, 4) is 5.75 Å². The zero-order valence-electron chi connectivity index (χ0n) is 19.5. The number of non-ortho nitro benzene ring substituents is 1. The third-order valence-electron chi connectivity index (χ3n) is 5.74. The number of carbonyl (C=O) groups is 1. The van der Waals surface area contributed by atoms with Gasteiger partial charge in [0.2, 0.25) is 0 Å². The molecule has 0 N–H and O–H groups in total. The summed E-state index contributed by atoms with van der Waals surface area (Å²) in [6.07, 6.45) is 1.75. The van der Waals surface area contributed by atoms with E-state index in [4.69, 9.17) is 4.74 Å². The molecule has 0 unspecified atom stereocenters. The van der Waals surface area contributed by atoms with Crippen LogP contribution in [0.3, 0.4) is 0 Å². The second kappa shape index (κ2) is 10.2. The fraction of sp³-hybridized carbons (Fsp3) is 0.0345. The molecule has 7 nitrogen and oxygen atoms in total. The third kappa shape index (κ3) is 5.28. The Balaban J connectivity index is 1.40. The maximum atomic E-state index is 13.4. The van der Waals surface area contributed by atoms with Crippen LogP contribution in [0.5, 0.6) is 5.75 Å². The van der Waals surface area contributed by atoms with Crippen molar-refractivity contribution in [3.63, 3.8) is 0 Å². The Morgan fingerprint density at radius 1 is 0.892 bits per heavy atom. The van der Waals surface area contributed by atoms with E-state index in [-0.39, 0.29) is 17.4 Å². The fourth-order valence-electron chi connectivity index (χ4n) is 3.82. The van der Waals surface area contributed by atoms with E-state index in [1.807, 2.05) is 42.5 Å². The van der Waals surface area contributed by atoms with Gasteiger partial charge in [-0.2, -0.15) is 10.1 Å². The van der Waals surface area contributed by atoms with Crippen molar-refractivity contribution in [1.29, 1.82) is 0 Å². The number of carbonyl (C=O) groups excluding carboxylic acids is 1. The van der Waals surface area contributed by atoms with Gasteiger partial charge in [0.25, 0.3) is 11.6 Å². The van der Waals surface area contributed by atoms with Gasteiger partial charge in [0.1, 0.15) is 23.9 Å². The van der Waals surface area contributed by atoms with Gasteiger partial charge in [0.15, 0.2) is 0 Å². The van der Waals surface area contributed by atoms with E-state index in [9.17, 15) is 19.3 Å². The van der Waals surface area contributed by atoms with Crippen molar-refractivity contribution in [2.45, 2.75) is 6.61 Å². The number of benzene rings is 4. The summed E-state index contributed by atoms with van der Waals surface area (Å²) in [5, 5.41) is 16.8. The predicted molar refractivity (Wildman–Crippen MR) is 139 cm³/mol. The first-order valence-electron chi connectivity index (χ1n) is 11.4. The molecule has 8 heteroatoms. The lowest BCUT2D eigenvalue weighted by Gasteiger charge is -2.11. The predicted octanol–water partition coefficient (Wildman–Crippen LogP) is 6.15. The van der Waals surface area contributed by atoms with Crippen LogP contribution >= 0.6 is 0 Å². The van der Waals surface area contributed by atoms with Crippen molar-refractivity contribution in [2.24, 2.45) is 5.10 Å². The molecular formula is C29H20FN3O4. The van der Waals surface area contributed by atoms with Crippen LogP contribution in [0.25, 0.3) is 6.08 Å². The summed E-state index contributed by atoms with van der Waals surface area (Å²) in [4.78, 5) is 23.9. The molecule has 182 valence electrons. The van der Waals surface area contributed by atoms with E-state index in [2.05, 4.69) is 5.10 Å². The molecule has 0 radical (unpaired) electrons. The molecular weight excluding hydrogens is 473 g/mol. The minimum absolute atomic E-state index is 0.0693. The lowest BCUT2D eigenvalue weighted by Crippen LogP contribution is -2.21. The molecule has 4 aromatic rings. The molecule has 0 aromatic heterocycles. The van der Waals surface area contributed by atoms with Crippen LogP contribution in [0.15, 0.2) is 114 Å². The van der Waals surface area contributed by atoms with Crippen molar-refractivity contribution in [3.05, 3.63) is 141 Å². The highest BCUT2D eigenvalue weighted by atomic mass is 19.1. The van der Waals surface area contributed by atoms with Crippen LogP contribution in [0.1, 0.15) is 16.7 Å². The lowest BCUT2D eigenvalue weighted by molar-refractivity contribution is -0.384. The van der Waals surface area contributed by atoms with Crippen LogP contribution in [0, 0.1) is 15.9 Å². The highest BCUT2D eigenvalue weighted by Gasteiger charge is 2.32. The normalized spacial score (nSPS) is 14.1. The zero-order chi connectivity index (χ0) is 25.8. The van der Waals surface area contributed by atoms with Crippen LogP contribution in [0.4, 0.5) is 15.8 Å². The Hall–Kier alpha value is -5.11. The second-order valence-corrected chi connectivity index (χ2v) is 8.25. The molecule has 5 rings (SSSR count). The van der Waals surface area contributed by atoms with E-state index in [0.29, 0.717) is 29.3 Å². The number of nitro benzene ring substituents is 1. The van der Waals surface area contributed by atoms with Crippen molar-refractivity contribution in [1.82, 2.24) is 0 Å². The number of nitrogens with zero attached hydrogens (tertiary/aromatic N) is 3. The average Bonchev–Trinajstić information content (AvgIpc) is 3.25. The first kappa shape index (κ1) is 23.6. The summed E-state index contributed by atoms with van der Waals surface area (Å²) < 4.78 is 18.9. The average molecular weight is 493 g/mol. The minimum Gasteiger partial charge on any atom is -0.489 e. The van der Waals surface area contributed by atoms with Gasteiger partial charge in [-0.15, -0.1) is 0 Å². The van der Waals surface area contributed by atoms with Crippen molar-refractivity contribution >= 4 is 29.1 Å². The summed E-state index contributed by atoms with van der Waals surface area (Å²) in [5.74, 6) is -0.00817. The number of amides is 1. The Kier molecular flexibility index (Phi) is 6.54. The number of hydrogen-bond donors (Lipinski definition) is 0. The molecule has 0 aliphatic carbocycles. The number of hydrogen-bond acceptors (Lipinski definition) is 5. The summed E-state index contributed by atoms with van der Waals surface area (Å²) in [7, 11) is 0. The summed E-state index contributed by atoms with van der Waals surface area (Å²) in [6, 6.07) is 28.4. The van der Waals surface area contributed by atoms with E-state index < -0.39 is 4.92 Å². The molecule has 1 heterocycles. The smallest absolute Gasteiger partial charge is 0.281 e. The van der Waals surface area contributed by atoms with Crippen LogP contribution in [-0.4, -0.2) is 16.5 Å². The Labute approximate surface area is 211 Å². The Morgan fingerprint density at radius 3 is 2.22 bits per heavy atom. The van der Waals surface area contributed by atoms with Gasteiger partial charge in [0.05, 0.1) is 16.2 Å². The fourth-order valence-corrected chi connectivity index (χ4v) is 3.82. The Morgan fingerprint density at radius 2 is 1.57 bits per heavy atom. The van der Waals surface area contributed by atoms with Crippen molar-refractivity contribution < 1.29 is 18.8 Å². The quantitative estimate of drug-likeness (QED) is 0.176. The monoisotopic (exact) mass is 493 g/mol. The van der Waals surface area contributed by atoms with Gasteiger partial charge in [-0.1, -0.05) is 54.6 Å². The van der Waals surface area contributed by atoms with Gasteiger partial charge in [-0.25, -0.2) is 4.39 Å². The van der Waals surface area contributed by atoms with Gasteiger partial charge >= 0.3 is 0 Å². The standard InChI is InChI=1S/C29H20FN3O4/c30-23-10-6-21(7-11-23)19-37-26-16-8-20(9-17-26)18-27-28(22-4-2-1-3-5-22)31-32(29(27)34)24-12-14-25(15-13-24)33(35)36/h1-18H,19H2/b27-18+. The van der Waals surface area contributed by atoms with Gasteiger partial charge < -0.3 is 4.74 Å². The number of hydrazone groups is 1. The first-order chi connectivity index (χ1) is 18.0. The van der Waals surface area contributed by atoms with Crippen molar-refractivity contribution in [2.75, 3.05) is 5.01 Å². The van der Waals surface area contributed by atoms with E-state index in [0.717, 1.165) is 16.7 Å². The highest BCUT2D eigenvalue weighted by Crippen LogP contribution is 2.29. The van der Waals surface area contributed by atoms with E-state index >= 15 is 0 Å². The van der Waals surface area contributed by atoms with E-state index in [1.165, 1.54) is 41.4 Å². The molecule has 0 atom stereocenters. The maximum absolute atomic E-state index is 13.4. The molecule has 1 amide bonds. The SMILES string of the molecule is O=C1/C(=C/c2ccc(OCc3ccc(F)cc3)cc2)C(c2ccccc2)=NN1c1ccc([N+](=O)[O-])cc1. The van der Waals surface area contributed by atoms with Gasteiger partial charge in [0, 0.05) is 17.7 Å². The molecule has 1 aliphatic heterocycles. The second-order valence-electron chi connectivity index (χ2n) is 8.25. The number of nitro groups is 1. The lowest BCUT2D eigenvalue weighted by atomic mass is 10.0. The minimum atomic E-state index is -0.493. The highest BCUT2D eigenvalue weighted by molar-refractivity contribution is 6.37. The molecule has 0 saturated carbocycles. The molecule has 0 fully saturated rings. The molecule has 0 spiro atoms. The molecule has 37 heavy (non-hydrogen) atoms. The summed E-state index contributed by atoms with van der Waals surface area (Å²) in [5.41, 5.74) is 3.64. The third-order valence-corrected chi connectivity index (χ3v) is 5.74. The number of rotatable bonds is 7. The number of ether oxygens (including phenoxy) is 1. The number of anilines is 1. The largest absolute Gasteiger partial charge is 0.489 e. The van der Waals surface area contributed by atoms with Crippen LogP contribution < -0.4 is 9.75 Å². The molecule has 0 bridgehead atoms. The maximum Gasteiger partial charge on any atom is 0.281 e. The molecule has 1 aliphatic rings. The van der Waals surface area contributed by atoms with Gasteiger partial charge in [-0.3, -0.25) is 14.9 Å². The van der Waals surface area contributed by atoms with Gasteiger partial charge in [-0.05, 0) is 53.6 Å². The van der Waals surface area contributed by atoms with Crippen LogP contribution in [0.2, 0.25) is 0 Å². The first-order valence-corrected chi connectivity index (χ1v) is 11.4. The zero-order valence-corrected chi connectivity index (χ0v) is 19.5. The summed E-state index contributed by atoms with van der Waals surface area (Å²) in [6.45, 7) is 0.300. The molecule has 0 saturated heterocycles. The number of halogens is 1. The molecule has 4 aromatic carbocycles. The topological polar surface area (TPSA) is 85.0 Å².